The molecule has 2 amide bonds. The van der Waals surface area contributed by atoms with Crippen molar-refractivity contribution in [2.75, 3.05) is 7.05 Å². The van der Waals surface area contributed by atoms with Gasteiger partial charge in [0.15, 0.2) is 0 Å². The van der Waals surface area contributed by atoms with Crippen LogP contribution in [0.4, 0.5) is 0 Å². The highest BCUT2D eigenvalue weighted by atomic mass is 16.2. The van der Waals surface area contributed by atoms with Crippen molar-refractivity contribution in [3.63, 3.8) is 0 Å². The number of rotatable bonds is 1. The van der Waals surface area contributed by atoms with E-state index in [1.165, 1.54) is 11.3 Å². The zero-order valence-corrected chi connectivity index (χ0v) is 12.0. The average Bonchev–Trinajstić information content (AvgIpc) is 3.20. The van der Waals surface area contributed by atoms with Crippen molar-refractivity contribution in [1.29, 1.82) is 0 Å². The minimum absolute atomic E-state index is 0.00681. The minimum Gasteiger partial charge on any atom is -0.285 e. The van der Waals surface area contributed by atoms with Crippen LogP contribution >= 0.6 is 0 Å². The van der Waals surface area contributed by atoms with Crippen LogP contribution in [0.15, 0.2) is 12.2 Å². The molecule has 0 bridgehead atoms. The summed E-state index contributed by atoms with van der Waals surface area (Å²) < 4.78 is 0. The van der Waals surface area contributed by atoms with Crippen LogP contribution in [0.3, 0.4) is 0 Å². The van der Waals surface area contributed by atoms with Crippen LogP contribution in [-0.2, 0) is 9.59 Å². The lowest BCUT2D eigenvalue weighted by Crippen LogP contribution is -2.42. The first-order valence-electron chi connectivity index (χ1n) is 7.40. The number of amides is 2. The van der Waals surface area contributed by atoms with Gasteiger partial charge in [-0.2, -0.15) is 0 Å². The van der Waals surface area contributed by atoms with Crippen LogP contribution in [0, 0.1) is 40.4 Å². The van der Waals surface area contributed by atoms with E-state index in [0.717, 1.165) is 0 Å². The monoisotopic (exact) mass is 259 g/mol. The molecule has 0 N–H and O–H groups in total. The zero-order chi connectivity index (χ0) is 13.7. The molecule has 3 heteroatoms. The highest BCUT2D eigenvalue weighted by molar-refractivity contribution is 6.01. The molecule has 6 atom stereocenters. The molecule has 6 unspecified atom stereocenters. The first kappa shape index (κ1) is 11.7. The molecule has 4 rings (SSSR count). The van der Waals surface area contributed by atoms with E-state index in [4.69, 9.17) is 0 Å². The van der Waals surface area contributed by atoms with Gasteiger partial charge in [-0.15, -0.1) is 0 Å². The van der Waals surface area contributed by atoms with Gasteiger partial charge >= 0.3 is 0 Å². The minimum atomic E-state index is -0.0276. The maximum atomic E-state index is 12.4. The van der Waals surface area contributed by atoms with Gasteiger partial charge in [0.1, 0.15) is 0 Å². The quantitative estimate of drug-likeness (QED) is 0.534. The number of fused-ring (bicyclic) bond motifs is 1. The van der Waals surface area contributed by atoms with Crippen molar-refractivity contribution < 1.29 is 9.59 Å². The average molecular weight is 259 g/mol. The lowest BCUT2D eigenvalue weighted by atomic mass is 9.73. The molecule has 3 fully saturated rings. The van der Waals surface area contributed by atoms with E-state index in [9.17, 15) is 9.59 Å². The van der Waals surface area contributed by atoms with Crippen LogP contribution in [0.2, 0.25) is 0 Å². The number of hydrogen-bond donors (Lipinski definition) is 0. The molecule has 0 radical (unpaired) electrons. The number of carbonyl (C=O) groups is 2. The van der Waals surface area contributed by atoms with Gasteiger partial charge in [-0.25, -0.2) is 0 Å². The Balaban J connectivity index is 1.79. The Hall–Kier alpha value is -1.12. The molecule has 2 saturated carbocycles. The highest BCUT2D eigenvalue weighted by Crippen LogP contribution is 2.93. The Kier molecular flexibility index (Phi) is 1.82. The number of allylic oxidation sites excluding steroid dienone is 1. The highest BCUT2D eigenvalue weighted by Gasteiger charge is 2.91. The van der Waals surface area contributed by atoms with Crippen LogP contribution in [0.1, 0.15) is 27.2 Å². The van der Waals surface area contributed by atoms with Crippen molar-refractivity contribution in [3.05, 3.63) is 12.2 Å². The van der Waals surface area contributed by atoms with Crippen molar-refractivity contribution >= 4 is 11.8 Å². The van der Waals surface area contributed by atoms with Gasteiger partial charge in [-0.3, -0.25) is 14.5 Å². The molecule has 1 heterocycles. The van der Waals surface area contributed by atoms with E-state index in [2.05, 4.69) is 19.9 Å². The first-order valence-corrected chi connectivity index (χ1v) is 7.40. The molecule has 0 aromatic carbocycles. The topological polar surface area (TPSA) is 37.4 Å². The summed E-state index contributed by atoms with van der Waals surface area (Å²) in [6, 6.07) is 0. The standard InChI is InChI=1S/C16H21NO2/c1-8(2)11-7-16(11)12-9(3)13(18)17(4)14(19)10-5-6-15(10,12)16/h5-6,8-12H,7H2,1-4H3. The third-order valence-corrected chi connectivity index (χ3v) is 6.55. The van der Waals surface area contributed by atoms with E-state index >= 15 is 0 Å². The summed E-state index contributed by atoms with van der Waals surface area (Å²) >= 11 is 0. The van der Waals surface area contributed by atoms with E-state index in [1.54, 1.807) is 7.05 Å². The predicted octanol–water partition coefficient (Wildman–Crippen LogP) is 2.09. The van der Waals surface area contributed by atoms with Gasteiger partial charge in [0.2, 0.25) is 11.8 Å². The van der Waals surface area contributed by atoms with Crippen LogP contribution < -0.4 is 0 Å². The zero-order valence-electron chi connectivity index (χ0n) is 12.0. The summed E-state index contributed by atoms with van der Waals surface area (Å²) in [5, 5.41) is 0. The lowest BCUT2D eigenvalue weighted by Gasteiger charge is -2.31. The van der Waals surface area contributed by atoms with E-state index < -0.39 is 0 Å². The van der Waals surface area contributed by atoms with Crippen LogP contribution in [0.25, 0.3) is 0 Å². The summed E-state index contributed by atoms with van der Waals surface area (Å²) in [6.07, 6.45) is 5.50. The molecule has 1 aliphatic heterocycles. The molecular formula is C16H21NO2. The Labute approximate surface area is 114 Å². The number of imide groups is 1. The molecule has 1 saturated heterocycles. The summed E-state index contributed by atoms with van der Waals surface area (Å²) in [7, 11) is 1.64. The molecule has 3 aliphatic carbocycles. The summed E-state index contributed by atoms with van der Waals surface area (Å²) in [6.45, 7) is 6.57. The Morgan fingerprint density at radius 1 is 1.32 bits per heavy atom. The third-order valence-electron chi connectivity index (χ3n) is 6.55. The van der Waals surface area contributed by atoms with Gasteiger partial charge in [-0.05, 0) is 29.6 Å². The molecule has 19 heavy (non-hydrogen) atoms. The number of carbonyl (C=O) groups excluding carboxylic acids is 2. The van der Waals surface area contributed by atoms with Gasteiger partial charge in [0, 0.05) is 18.4 Å². The molecule has 4 aliphatic rings. The molecule has 2 spiro atoms. The fourth-order valence-corrected chi connectivity index (χ4v) is 5.69. The molecule has 3 nitrogen and oxygen atoms in total. The first-order chi connectivity index (χ1) is 8.89. The fraction of sp³-hybridized carbons (Fsp3) is 0.750. The van der Waals surface area contributed by atoms with E-state index in [0.29, 0.717) is 17.8 Å². The fourth-order valence-electron chi connectivity index (χ4n) is 5.69. The second-order valence-corrected chi connectivity index (χ2v) is 7.37. The second kappa shape index (κ2) is 2.97. The lowest BCUT2D eigenvalue weighted by molar-refractivity contribution is -0.147. The van der Waals surface area contributed by atoms with E-state index in [-0.39, 0.29) is 34.5 Å². The van der Waals surface area contributed by atoms with Crippen molar-refractivity contribution in [2.24, 2.45) is 40.4 Å². The Morgan fingerprint density at radius 2 is 2.00 bits per heavy atom. The summed E-state index contributed by atoms with van der Waals surface area (Å²) in [5.74, 6) is 1.78. The largest absolute Gasteiger partial charge is 0.285 e. The van der Waals surface area contributed by atoms with Crippen molar-refractivity contribution in [3.8, 4) is 0 Å². The van der Waals surface area contributed by atoms with E-state index in [1.807, 2.05) is 13.0 Å². The van der Waals surface area contributed by atoms with Gasteiger partial charge in [0.05, 0.1) is 5.92 Å². The summed E-state index contributed by atoms with van der Waals surface area (Å²) in [4.78, 5) is 26.2. The maximum Gasteiger partial charge on any atom is 0.236 e. The summed E-state index contributed by atoms with van der Waals surface area (Å²) in [5.41, 5.74) is 0.325. The maximum absolute atomic E-state index is 12.4. The molecule has 0 aromatic heterocycles. The Bertz CT molecular complexity index is 537. The van der Waals surface area contributed by atoms with Gasteiger partial charge < -0.3 is 0 Å². The normalized spacial score (nSPS) is 53.8. The number of hydrogen-bond acceptors (Lipinski definition) is 2. The van der Waals surface area contributed by atoms with Crippen molar-refractivity contribution in [2.45, 2.75) is 27.2 Å². The SMILES string of the molecule is CC(C)C1CC12C1C(C)C(=O)N(C)C(=O)C3C=CC312. The smallest absolute Gasteiger partial charge is 0.236 e. The van der Waals surface area contributed by atoms with Gasteiger partial charge in [0.25, 0.3) is 0 Å². The molecule has 102 valence electrons. The molecule has 0 aromatic rings. The number of nitrogens with zero attached hydrogens (tertiary/aromatic N) is 1. The predicted molar refractivity (Wildman–Crippen MR) is 70.9 cm³/mol. The van der Waals surface area contributed by atoms with Gasteiger partial charge in [-0.1, -0.05) is 32.9 Å². The van der Waals surface area contributed by atoms with Crippen LogP contribution in [-0.4, -0.2) is 23.8 Å². The van der Waals surface area contributed by atoms with Crippen molar-refractivity contribution in [1.82, 2.24) is 4.90 Å². The Morgan fingerprint density at radius 3 is 2.47 bits per heavy atom. The number of likely N-dealkylation sites (tertiary alicyclic amines) is 1. The second-order valence-electron chi connectivity index (χ2n) is 7.37. The molecular weight excluding hydrogens is 238 g/mol. The third kappa shape index (κ3) is 0.945. The van der Waals surface area contributed by atoms with Crippen LogP contribution in [0.5, 0.6) is 0 Å².